The van der Waals surface area contributed by atoms with Crippen molar-refractivity contribution in [3.63, 3.8) is 0 Å². The molecule has 2 heterocycles. The van der Waals surface area contributed by atoms with E-state index in [1.165, 1.54) is 0 Å². The Bertz CT molecular complexity index is 638. The van der Waals surface area contributed by atoms with E-state index in [9.17, 15) is 0 Å². The molecule has 22 heavy (non-hydrogen) atoms. The van der Waals surface area contributed by atoms with Crippen LogP contribution in [0.15, 0.2) is 60.7 Å². The van der Waals surface area contributed by atoms with Crippen LogP contribution in [0.25, 0.3) is 0 Å². The molecule has 0 amide bonds. The van der Waals surface area contributed by atoms with Crippen LogP contribution in [0.2, 0.25) is 0 Å². The fourth-order valence-corrected chi connectivity index (χ4v) is 5.87. The summed E-state index contributed by atoms with van der Waals surface area (Å²) in [7, 11) is 0. The Morgan fingerprint density at radius 2 is 1.73 bits per heavy atom. The molecule has 0 spiro atoms. The van der Waals surface area contributed by atoms with Gasteiger partial charge in [0.05, 0.1) is 0 Å². The molecule has 2 saturated heterocycles. The van der Waals surface area contributed by atoms with E-state index in [4.69, 9.17) is 4.74 Å². The minimum atomic E-state index is -1.09. The van der Waals surface area contributed by atoms with Crippen LogP contribution in [0.1, 0.15) is 18.2 Å². The predicted molar refractivity (Wildman–Crippen MR) is 85.9 cm³/mol. The van der Waals surface area contributed by atoms with Crippen molar-refractivity contribution >= 4 is 19.4 Å². The zero-order valence-electron chi connectivity index (χ0n) is 12.2. The van der Waals surface area contributed by atoms with Crippen molar-refractivity contribution in [3.05, 3.63) is 66.2 Å². The normalized spacial score (nSPS) is 31.3. The predicted octanol–water partition coefficient (Wildman–Crippen LogP) is 2.49. The molecular weight excluding hydrogens is 344 g/mol. The number of nitrogens with zero attached hydrogens (tertiary/aromatic N) is 1. The first-order valence-electron chi connectivity index (χ1n) is 7.59. The van der Waals surface area contributed by atoms with E-state index < -0.39 is 4.57 Å². The van der Waals surface area contributed by atoms with Gasteiger partial charge in [0.25, 0.3) is 0 Å². The summed E-state index contributed by atoms with van der Waals surface area (Å²) in [4.78, 5) is 2.21. The van der Waals surface area contributed by atoms with E-state index in [1.54, 1.807) is 0 Å². The molecule has 2 fully saturated rings. The van der Waals surface area contributed by atoms with E-state index in [-0.39, 0.29) is 27.2 Å². The molecule has 3 atom stereocenters. The first-order chi connectivity index (χ1) is 10.7. The second-order valence-electron chi connectivity index (χ2n) is 5.92. The molecular formula is C18H18FNOSe. The van der Waals surface area contributed by atoms with Gasteiger partial charge in [0.1, 0.15) is 0 Å². The van der Waals surface area contributed by atoms with Crippen LogP contribution in [0, 0.1) is 0 Å². The van der Waals surface area contributed by atoms with Gasteiger partial charge in [-0.2, -0.15) is 0 Å². The van der Waals surface area contributed by atoms with E-state index in [0.717, 1.165) is 10.0 Å². The Labute approximate surface area is 136 Å². The van der Waals surface area contributed by atoms with Gasteiger partial charge in [0.2, 0.25) is 0 Å². The van der Waals surface area contributed by atoms with Crippen molar-refractivity contribution in [2.45, 2.75) is 23.3 Å². The molecule has 0 radical (unpaired) electrons. The number of hydrogen-bond acceptors (Lipinski definition) is 2. The number of benzene rings is 2. The summed E-state index contributed by atoms with van der Waals surface area (Å²) in [5.74, 6) is 0. The Hall–Kier alpha value is -1.19. The molecule has 114 valence electrons. The zero-order valence-corrected chi connectivity index (χ0v) is 13.9. The molecule has 4 heteroatoms. The van der Waals surface area contributed by atoms with Gasteiger partial charge >= 0.3 is 136 Å². The van der Waals surface area contributed by atoms with Gasteiger partial charge in [-0.25, -0.2) is 0 Å². The molecule has 0 aliphatic carbocycles. The Balaban J connectivity index is 1.52. The number of halogens is 1. The third kappa shape index (κ3) is 2.72. The van der Waals surface area contributed by atoms with E-state index >= 15 is 4.39 Å². The van der Waals surface area contributed by atoms with Crippen LogP contribution in [-0.4, -0.2) is 43.6 Å². The van der Waals surface area contributed by atoms with Gasteiger partial charge in [-0.1, -0.05) is 0 Å². The van der Waals surface area contributed by atoms with Gasteiger partial charge in [-0.3, -0.25) is 0 Å². The molecule has 2 aromatic rings. The monoisotopic (exact) mass is 363 g/mol. The van der Waals surface area contributed by atoms with Crippen molar-refractivity contribution in [1.29, 1.82) is 0 Å². The summed E-state index contributed by atoms with van der Waals surface area (Å²) >= 11 is -0.153. The number of fused-ring (bicyclic) bond motifs is 1. The summed E-state index contributed by atoms with van der Waals surface area (Å²) in [6.45, 7) is 1.11. The van der Waals surface area contributed by atoms with E-state index in [0.29, 0.717) is 19.6 Å². The summed E-state index contributed by atoms with van der Waals surface area (Å²) in [6, 6.07) is 20.4. The van der Waals surface area contributed by atoms with E-state index in [1.807, 2.05) is 48.5 Å². The number of rotatable bonds is 3. The van der Waals surface area contributed by atoms with E-state index in [2.05, 4.69) is 17.0 Å². The second kappa shape index (κ2) is 5.78. The van der Waals surface area contributed by atoms with Crippen molar-refractivity contribution in [2.24, 2.45) is 0 Å². The quantitative estimate of drug-likeness (QED) is 0.778. The van der Waals surface area contributed by atoms with Crippen molar-refractivity contribution in [1.82, 2.24) is 4.90 Å². The maximum atomic E-state index is 15.3. The third-order valence-electron chi connectivity index (χ3n) is 4.30. The minimum absolute atomic E-state index is 0.0876. The molecule has 0 saturated carbocycles. The Morgan fingerprint density at radius 1 is 1.05 bits per heavy atom. The average molecular weight is 362 g/mol. The van der Waals surface area contributed by atoms with Gasteiger partial charge in [-0.05, 0) is 0 Å². The van der Waals surface area contributed by atoms with Gasteiger partial charge in [0, 0.05) is 0 Å². The van der Waals surface area contributed by atoms with Gasteiger partial charge < -0.3 is 0 Å². The molecule has 2 aliphatic rings. The average Bonchev–Trinajstić information content (AvgIpc) is 3.05. The molecule has 0 aromatic heterocycles. The Kier molecular flexibility index (Phi) is 3.79. The van der Waals surface area contributed by atoms with Crippen LogP contribution in [0.5, 0.6) is 0 Å². The van der Waals surface area contributed by atoms with Crippen LogP contribution < -0.4 is 4.46 Å². The molecule has 0 N–H and O–H groups in total. The van der Waals surface area contributed by atoms with Crippen molar-refractivity contribution in [3.8, 4) is 0 Å². The van der Waals surface area contributed by atoms with Crippen molar-refractivity contribution < 1.29 is 9.13 Å². The van der Waals surface area contributed by atoms with Crippen LogP contribution in [0.4, 0.5) is 4.39 Å². The first-order valence-corrected chi connectivity index (χ1v) is 9.30. The number of ether oxygens (including phenoxy) is 1. The maximum absolute atomic E-state index is 15.3. The standard InChI is InChI=1S/C18H18FNOSe/c19-18(22-16-9-5-2-6-10-16)11-15-12-21-17(20(15)13-18)14-7-3-1-4-8-14/h1-10,15,17H,11-13H2/t15-,17+,18?/m0/s1. The van der Waals surface area contributed by atoms with Crippen LogP contribution >= 0.6 is 0 Å². The fourth-order valence-electron chi connectivity index (χ4n) is 3.34. The molecule has 4 rings (SSSR count). The van der Waals surface area contributed by atoms with Crippen molar-refractivity contribution in [2.75, 3.05) is 13.2 Å². The molecule has 2 aromatic carbocycles. The topological polar surface area (TPSA) is 12.5 Å². The summed E-state index contributed by atoms with van der Waals surface area (Å²) < 4.78 is 21.3. The van der Waals surface area contributed by atoms with Gasteiger partial charge in [-0.15, -0.1) is 0 Å². The summed E-state index contributed by atoms with van der Waals surface area (Å²) in [5.41, 5.74) is 1.13. The molecule has 0 bridgehead atoms. The summed E-state index contributed by atoms with van der Waals surface area (Å²) in [5, 5.41) is 0. The number of hydrogen-bond donors (Lipinski definition) is 0. The fraction of sp³-hybridized carbons (Fsp3) is 0.333. The van der Waals surface area contributed by atoms with Gasteiger partial charge in [0.15, 0.2) is 0 Å². The first kappa shape index (κ1) is 14.4. The van der Waals surface area contributed by atoms with Crippen LogP contribution in [-0.2, 0) is 4.74 Å². The number of alkyl halides is 1. The SMILES string of the molecule is FC1([Se]c2ccccc2)C[C@H]2CO[C@H](c3ccccc3)N2C1. The zero-order chi connectivity index (χ0) is 15.0. The second-order valence-corrected chi connectivity index (χ2v) is 8.88. The summed E-state index contributed by atoms with van der Waals surface area (Å²) in [6.07, 6.45) is 0.501. The molecule has 2 aliphatic heterocycles. The van der Waals surface area contributed by atoms with Crippen LogP contribution in [0.3, 0.4) is 0 Å². The Morgan fingerprint density at radius 3 is 2.45 bits per heavy atom. The molecule has 1 unspecified atom stereocenters. The molecule has 2 nitrogen and oxygen atoms in total. The third-order valence-corrected chi connectivity index (χ3v) is 6.76.